The molecular formula is C18H15ClFN3O3S. The van der Waals surface area contributed by atoms with Crippen LogP contribution in [0.1, 0.15) is 22.8 Å². The van der Waals surface area contributed by atoms with Crippen LogP contribution < -0.4 is 26.1 Å². The van der Waals surface area contributed by atoms with Crippen molar-refractivity contribution in [1.82, 2.24) is 10.9 Å². The maximum Gasteiger partial charge on any atom is 0.189 e. The molecule has 2 aromatic carbocycles. The van der Waals surface area contributed by atoms with E-state index in [1.54, 1.807) is 24.3 Å². The van der Waals surface area contributed by atoms with Crippen LogP contribution in [-0.2, 0) is 11.3 Å². The molecule has 2 heterocycles. The molecule has 9 heteroatoms. The average Bonchev–Trinajstić information content (AvgIpc) is 2.65. The average molecular weight is 408 g/mol. The second-order valence-electron chi connectivity index (χ2n) is 5.97. The van der Waals surface area contributed by atoms with Gasteiger partial charge in [-0.3, -0.25) is 10.9 Å². The predicted octanol–water partition coefficient (Wildman–Crippen LogP) is 3.16. The Kier molecular flexibility index (Phi) is 4.77. The fourth-order valence-corrected chi connectivity index (χ4v) is 3.34. The molecule has 0 spiro atoms. The van der Waals surface area contributed by atoms with Gasteiger partial charge in [-0.15, -0.1) is 0 Å². The molecule has 0 bridgehead atoms. The maximum atomic E-state index is 13.7. The summed E-state index contributed by atoms with van der Waals surface area (Å²) in [6.07, 6.45) is 1.25. The van der Waals surface area contributed by atoms with Crippen LogP contribution in [0.3, 0.4) is 0 Å². The standard InChI is InChI=1S/C18H15ClFN3O3S/c19-10-3-9-7-24-8-25-17(9)13(4-10)16-6-14(22-23-18(21)27)12-5-11(20)1-2-15(12)26-16/h1-6,16,22H,7-8H2,(H3,21,23,27). The molecule has 0 fully saturated rings. The summed E-state index contributed by atoms with van der Waals surface area (Å²) in [5, 5.41) is 0.591. The number of benzene rings is 2. The van der Waals surface area contributed by atoms with Gasteiger partial charge in [0.2, 0.25) is 0 Å². The van der Waals surface area contributed by atoms with E-state index < -0.39 is 6.10 Å². The lowest BCUT2D eigenvalue weighted by molar-refractivity contribution is -0.0179. The van der Waals surface area contributed by atoms with Crippen LogP contribution in [0, 0.1) is 5.82 Å². The molecule has 0 saturated carbocycles. The van der Waals surface area contributed by atoms with E-state index in [2.05, 4.69) is 10.9 Å². The number of thiocarbonyl (C=S) groups is 1. The van der Waals surface area contributed by atoms with Crippen molar-refractivity contribution in [2.24, 2.45) is 5.73 Å². The molecule has 27 heavy (non-hydrogen) atoms. The molecule has 1 atom stereocenters. The van der Waals surface area contributed by atoms with Gasteiger partial charge >= 0.3 is 0 Å². The van der Waals surface area contributed by atoms with Crippen LogP contribution in [0.2, 0.25) is 5.02 Å². The number of nitrogens with two attached hydrogens (primary N) is 1. The number of ether oxygens (including phenoxy) is 3. The van der Waals surface area contributed by atoms with Crippen molar-refractivity contribution < 1.29 is 18.6 Å². The van der Waals surface area contributed by atoms with Gasteiger partial charge in [-0.05, 0) is 48.6 Å². The maximum absolute atomic E-state index is 13.7. The summed E-state index contributed by atoms with van der Waals surface area (Å²) in [6.45, 7) is 0.545. The fourth-order valence-electron chi connectivity index (χ4n) is 3.04. The second kappa shape index (κ2) is 7.22. The first-order chi connectivity index (χ1) is 13.0. The van der Waals surface area contributed by atoms with Crippen LogP contribution in [0.15, 0.2) is 36.4 Å². The molecule has 0 aliphatic carbocycles. The molecule has 140 valence electrons. The van der Waals surface area contributed by atoms with E-state index in [4.69, 9.17) is 43.8 Å². The Morgan fingerprint density at radius 1 is 1.30 bits per heavy atom. The molecule has 2 aliphatic heterocycles. The number of halogens is 2. The SMILES string of the molecule is NC(=S)NNC1=CC(c2cc(Cl)cc3c2OCOC3)Oc2ccc(F)cc21. The largest absolute Gasteiger partial charge is 0.481 e. The van der Waals surface area contributed by atoms with Gasteiger partial charge in [-0.2, -0.15) is 0 Å². The zero-order valence-corrected chi connectivity index (χ0v) is 15.5. The Morgan fingerprint density at radius 3 is 2.96 bits per heavy atom. The minimum absolute atomic E-state index is 0.0533. The quantitative estimate of drug-likeness (QED) is 0.533. The van der Waals surface area contributed by atoms with Crippen molar-refractivity contribution in [3.63, 3.8) is 0 Å². The normalized spacial score (nSPS) is 17.6. The lowest BCUT2D eigenvalue weighted by Crippen LogP contribution is -2.40. The van der Waals surface area contributed by atoms with E-state index in [0.717, 1.165) is 11.1 Å². The van der Waals surface area contributed by atoms with Gasteiger partial charge in [0, 0.05) is 21.7 Å². The molecular weight excluding hydrogens is 393 g/mol. The van der Waals surface area contributed by atoms with E-state index >= 15 is 0 Å². The summed E-state index contributed by atoms with van der Waals surface area (Å²) < 4.78 is 30.8. The van der Waals surface area contributed by atoms with Crippen LogP contribution in [0.4, 0.5) is 4.39 Å². The summed E-state index contributed by atoms with van der Waals surface area (Å²) in [5.74, 6) is 0.774. The van der Waals surface area contributed by atoms with E-state index in [0.29, 0.717) is 34.4 Å². The molecule has 0 amide bonds. The van der Waals surface area contributed by atoms with Crippen molar-refractivity contribution in [2.75, 3.05) is 6.79 Å². The van der Waals surface area contributed by atoms with Crippen LogP contribution in [0.5, 0.6) is 11.5 Å². The fraction of sp³-hybridized carbons (Fsp3) is 0.167. The van der Waals surface area contributed by atoms with E-state index in [1.807, 2.05) is 0 Å². The topological polar surface area (TPSA) is 77.8 Å². The third-order valence-electron chi connectivity index (χ3n) is 4.13. The summed E-state index contributed by atoms with van der Waals surface area (Å²) in [5.41, 5.74) is 13.7. The van der Waals surface area contributed by atoms with Crippen molar-refractivity contribution >= 4 is 34.6 Å². The van der Waals surface area contributed by atoms with Gasteiger partial charge in [0.05, 0.1) is 12.3 Å². The number of nitrogens with one attached hydrogen (secondary N) is 2. The van der Waals surface area contributed by atoms with Gasteiger partial charge < -0.3 is 19.9 Å². The Balaban J connectivity index is 1.78. The number of hydrazine groups is 1. The lowest BCUT2D eigenvalue weighted by atomic mass is 9.98. The highest BCUT2D eigenvalue weighted by Crippen LogP contribution is 2.42. The van der Waals surface area contributed by atoms with E-state index in [1.165, 1.54) is 12.1 Å². The van der Waals surface area contributed by atoms with Crippen molar-refractivity contribution in [3.8, 4) is 11.5 Å². The lowest BCUT2D eigenvalue weighted by Gasteiger charge is -2.29. The van der Waals surface area contributed by atoms with Crippen molar-refractivity contribution in [2.45, 2.75) is 12.7 Å². The van der Waals surface area contributed by atoms with Crippen LogP contribution in [-0.4, -0.2) is 11.9 Å². The van der Waals surface area contributed by atoms with Gasteiger partial charge in [0.1, 0.15) is 23.4 Å². The van der Waals surface area contributed by atoms with E-state index in [9.17, 15) is 4.39 Å². The van der Waals surface area contributed by atoms with Crippen molar-refractivity contribution in [3.05, 3.63) is 63.9 Å². The molecule has 2 aromatic rings. The summed E-state index contributed by atoms with van der Waals surface area (Å²) in [4.78, 5) is 0. The summed E-state index contributed by atoms with van der Waals surface area (Å²) in [7, 11) is 0. The number of hydrogen-bond donors (Lipinski definition) is 3. The molecule has 4 rings (SSSR count). The Labute approximate surface area is 165 Å². The predicted molar refractivity (Wildman–Crippen MR) is 103 cm³/mol. The molecule has 1 unspecified atom stereocenters. The minimum atomic E-state index is -0.524. The number of fused-ring (bicyclic) bond motifs is 2. The summed E-state index contributed by atoms with van der Waals surface area (Å²) in [6, 6.07) is 7.83. The first kappa shape index (κ1) is 17.8. The highest BCUT2D eigenvalue weighted by molar-refractivity contribution is 7.80. The zero-order chi connectivity index (χ0) is 19.0. The van der Waals surface area contributed by atoms with E-state index in [-0.39, 0.29) is 17.7 Å². The zero-order valence-electron chi connectivity index (χ0n) is 13.9. The molecule has 0 aromatic heterocycles. The summed E-state index contributed by atoms with van der Waals surface area (Å²) >= 11 is 11.1. The first-order valence-corrected chi connectivity index (χ1v) is 8.82. The third kappa shape index (κ3) is 3.64. The smallest absolute Gasteiger partial charge is 0.189 e. The Morgan fingerprint density at radius 2 is 2.15 bits per heavy atom. The highest BCUT2D eigenvalue weighted by Gasteiger charge is 2.28. The minimum Gasteiger partial charge on any atom is -0.481 e. The third-order valence-corrected chi connectivity index (χ3v) is 4.45. The highest BCUT2D eigenvalue weighted by atomic mass is 35.5. The molecule has 4 N–H and O–H groups in total. The Hall–Kier alpha value is -2.55. The van der Waals surface area contributed by atoms with Crippen molar-refractivity contribution in [1.29, 1.82) is 0 Å². The molecule has 6 nitrogen and oxygen atoms in total. The number of rotatable bonds is 3. The number of hydrogen-bond acceptors (Lipinski definition) is 5. The molecule has 0 saturated heterocycles. The molecule has 2 aliphatic rings. The van der Waals surface area contributed by atoms with Crippen LogP contribution >= 0.6 is 23.8 Å². The van der Waals surface area contributed by atoms with Gasteiger partial charge in [-0.1, -0.05) is 11.6 Å². The molecule has 0 radical (unpaired) electrons. The Bertz CT molecular complexity index is 954. The van der Waals surface area contributed by atoms with Gasteiger partial charge in [-0.25, -0.2) is 4.39 Å². The van der Waals surface area contributed by atoms with Gasteiger partial charge in [0.25, 0.3) is 0 Å². The van der Waals surface area contributed by atoms with Crippen LogP contribution in [0.25, 0.3) is 5.70 Å². The monoisotopic (exact) mass is 407 g/mol. The van der Waals surface area contributed by atoms with Gasteiger partial charge in [0.15, 0.2) is 11.9 Å². The second-order valence-corrected chi connectivity index (χ2v) is 6.84. The first-order valence-electron chi connectivity index (χ1n) is 8.04.